The molecule has 1 unspecified atom stereocenters. The molecule has 0 fully saturated rings. The predicted octanol–water partition coefficient (Wildman–Crippen LogP) is 4.45. The summed E-state index contributed by atoms with van der Waals surface area (Å²) in [5.41, 5.74) is 0.0586. The number of hydrogen-bond acceptors (Lipinski definition) is 2. The molecule has 1 N–H and O–H groups in total. The molecule has 0 spiro atoms. The number of aryl methyl sites for hydroxylation is 1. The third kappa shape index (κ3) is 3.42. The highest BCUT2D eigenvalue weighted by atomic mass is 79.9. The van der Waals surface area contributed by atoms with Gasteiger partial charge >= 0.3 is 0 Å². The molecule has 0 saturated heterocycles. The van der Waals surface area contributed by atoms with E-state index in [9.17, 15) is 9.18 Å². The lowest BCUT2D eigenvalue weighted by atomic mass is 10.2. The SMILES string of the molecule is Cc1ccc(C(C)NC(=O)c2ccc(Br)cc2F)s1. The van der Waals surface area contributed by atoms with Crippen molar-refractivity contribution in [3.05, 3.63) is 55.9 Å². The maximum absolute atomic E-state index is 13.7. The van der Waals surface area contributed by atoms with Gasteiger partial charge in [0.05, 0.1) is 11.6 Å². The van der Waals surface area contributed by atoms with Crippen LogP contribution in [0.4, 0.5) is 4.39 Å². The molecule has 1 amide bonds. The fourth-order valence-electron chi connectivity index (χ4n) is 1.71. The van der Waals surface area contributed by atoms with Crippen LogP contribution in [0, 0.1) is 12.7 Å². The van der Waals surface area contributed by atoms with Crippen molar-refractivity contribution in [2.24, 2.45) is 0 Å². The van der Waals surface area contributed by atoms with Crippen LogP contribution in [0.5, 0.6) is 0 Å². The van der Waals surface area contributed by atoms with E-state index in [-0.39, 0.29) is 11.6 Å². The van der Waals surface area contributed by atoms with Gasteiger partial charge in [-0.3, -0.25) is 4.79 Å². The summed E-state index contributed by atoms with van der Waals surface area (Å²) in [5.74, 6) is -0.926. The van der Waals surface area contributed by atoms with Gasteiger partial charge in [0.25, 0.3) is 5.91 Å². The minimum atomic E-state index is -0.526. The molecule has 5 heteroatoms. The third-order valence-electron chi connectivity index (χ3n) is 2.71. The molecule has 2 aromatic rings. The Morgan fingerprint density at radius 1 is 1.37 bits per heavy atom. The smallest absolute Gasteiger partial charge is 0.254 e. The number of benzene rings is 1. The Balaban J connectivity index is 2.12. The first kappa shape index (κ1) is 14.2. The van der Waals surface area contributed by atoms with E-state index in [1.165, 1.54) is 17.0 Å². The fourth-order valence-corrected chi connectivity index (χ4v) is 2.92. The van der Waals surface area contributed by atoms with E-state index in [0.717, 1.165) is 4.88 Å². The van der Waals surface area contributed by atoms with Crippen molar-refractivity contribution in [3.63, 3.8) is 0 Å². The first-order chi connectivity index (χ1) is 8.97. The summed E-state index contributed by atoms with van der Waals surface area (Å²) in [6, 6.07) is 8.26. The van der Waals surface area contributed by atoms with Crippen molar-refractivity contribution >= 4 is 33.2 Å². The standard InChI is InChI=1S/C14H13BrFNOS/c1-8-3-6-13(19-8)9(2)17-14(18)11-5-4-10(15)7-12(11)16/h3-7,9H,1-2H3,(H,17,18). The van der Waals surface area contributed by atoms with Crippen LogP contribution in [-0.2, 0) is 0 Å². The van der Waals surface area contributed by atoms with E-state index in [0.29, 0.717) is 4.47 Å². The minimum absolute atomic E-state index is 0.0586. The maximum Gasteiger partial charge on any atom is 0.254 e. The highest BCUT2D eigenvalue weighted by Gasteiger charge is 2.16. The first-order valence-electron chi connectivity index (χ1n) is 5.79. The molecular weight excluding hydrogens is 329 g/mol. The summed E-state index contributed by atoms with van der Waals surface area (Å²) in [4.78, 5) is 14.3. The van der Waals surface area contributed by atoms with E-state index < -0.39 is 11.7 Å². The molecule has 1 aromatic carbocycles. The van der Waals surface area contributed by atoms with Gasteiger partial charge in [-0.25, -0.2) is 4.39 Å². The summed E-state index contributed by atoms with van der Waals surface area (Å²) in [7, 11) is 0. The predicted molar refractivity (Wildman–Crippen MR) is 79.0 cm³/mol. The Labute approximate surface area is 123 Å². The molecule has 2 rings (SSSR count). The molecule has 0 radical (unpaired) electrons. The minimum Gasteiger partial charge on any atom is -0.345 e. The van der Waals surface area contributed by atoms with Crippen LogP contribution in [0.3, 0.4) is 0 Å². The molecule has 0 aliphatic heterocycles. The Morgan fingerprint density at radius 2 is 2.11 bits per heavy atom. The van der Waals surface area contributed by atoms with Gasteiger partial charge in [0.1, 0.15) is 5.82 Å². The normalized spacial score (nSPS) is 12.2. The maximum atomic E-state index is 13.7. The van der Waals surface area contributed by atoms with Gasteiger partial charge in [-0.2, -0.15) is 0 Å². The van der Waals surface area contributed by atoms with Crippen molar-refractivity contribution in [1.82, 2.24) is 5.32 Å². The first-order valence-corrected chi connectivity index (χ1v) is 7.40. The topological polar surface area (TPSA) is 29.1 Å². The molecule has 0 bridgehead atoms. The number of hydrogen-bond donors (Lipinski definition) is 1. The second-order valence-corrected chi connectivity index (χ2v) is 6.50. The van der Waals surface area contributed by atoms with E-state index in [1.807, 2.05) is 26.0 Å². The van der Waals surface area contributed by atoms with Crippen LogP contribution in [0.25, 0.3) is 0 Å². The molecule has 1 aromatic heterocycles. The van der Waals surface area contributed by atoms with E-state index in [2.05, 4.69) is 21.2 Å². The number of nitrogens with one attached hydrogen (secondary N) is 1. The molecule has 0 saturated carbocycles. The number of halogens is 2. The molecular formula is C14H13BrFNOS. The van der Waals surface area contributed by atoms with E-state index >= 15 is 0 Å². The quantitative estimate of drug-likeness (QED) is 0.877. The fraction of sp³-hybridized carbons (Fsp3) is 0.214. The molecule has 1 atom stereocenters. The van der Waals surface area contributed by atoms with Crippen molar-refractivity contribution in [2.75, 3.05) is 0 Å². The lowest BCUT2D eigenvalue weighted by molar-refractivity contribution is 0.0936. The Kier molecular flexibility index (Phi) is 4.37. The van der Waals surface area contributed by atoms with Gasteiger partial charge in [0, 0.05) is 14.2 Å². The molecule has 100 valence electrons. The largest absolute Gasteiger partial charge is 0.345 e. The van der Waals surface area contributed by atoms with Gasteiger partial charge in [-0.05, 0) is 44.2 Å². The number of amides is 1. The zero-order valence-corrected chi connectivity index (χ0v) is 12.9. The third-order valence-corrected chi connectivity index (χ3v) is 4.39. The van der Waals surface area contributed by atoms with E-state index in [4.69, 9.17) is 0 Å². The lowest BCUT2D eigenvalue weighted by Gasteiger charge is -2.12. The van der Waals surface area contributed by atoms with Crippen LogP contribution in [-0.4, -0.2) is 5.91 Å². The Morgan fingerprint density at radius 3 is 2.68 bits per heavy atom. The number of rotatable bonds is 3. The van der Waals surface area contributed by atoms with Gasteiger partial charge < -0.3 is 5.32 Å². The zero-order chi connectivity index (χ0) is 14.0. The van der Waals surface area contributed by atoms with Crippen LogP contribution in [0.1, 0.15) is 33.1 Å². The summed E-state index contributed by atoms with van der Waals surface area (Å²) in [6.07, 6.45) is 0. The van der Waals surface area contributed by atoms with Crippen LogP contribution in [0.2, 0.25) is 0 Å². The van der Waals surface area contributed by atoms with Crippen molar-refractivity contribution in [1.29, 1.82) is 0 Å². The van der Waals surface area contributed by atoms with Gasteiger partial charge in [-0.1, -0.05) is 15.9 Å². The summed E-state index contributed by atoms with van der Waals surface area (Å²) < 4.78 is 14.3. The zero-order valence-electron chi connectivity index (χ0n) is 10.5. The average molecular weight is 342 g/mol. The monoisotopic (exact) mass is 341 g/mol. The summed E-state index contributed by atoms with van der Waals surface area (Å²) in [5, 5.41) is 2.80. The molecule has 1 heterocycles. The van der Waals surface area contributed by atoms with Gasteiger partial charge in [0.2, 0.25) is 0 Å². The van der Waals surface area contributed by atoms with Gasteiger partial charge in [0.15, 0.2) is 0 Å². The van der Waals surface area contributed by atoms with Gasteiger partial charge in [-0.15, -0.1) is 11.3 Å². The van der Waals surface area contributed by atoms with E-state index in [1.54, 1.807) is 17.4 Å². The second-order valence-electron chi connectivity index (χ2n) is 4.27. The van der Waals surface area contributed by atoms with Crippen molar-refractivity contribution in [3.8, 4) is 0 Å². The van der Waals surface area contributed by atoms with Crippen molar-refractivity contribution in [2.45, 2.75) is 19.9 Å². The lowest BCUT2D eigenvalue weighted by Crippen LogP contribution is -2.26. The Hall–Kier alpha value is -1.20. The Bertz CT molecular complexity index is 611. The number of carbonyl (C=O) groups is 1. The average Bonchev–Trinajstić information content (AvgIpc) is 2.75. The summed E-state index contributed by atoms with van der Waals surface area (Å²) >= 11 is 4.79. The molecule has 0 aliphatic carbocycles. The highest BCUT2D eigenvalue weighted by Crippen LogP contribution is 2.23. The number of carbonyl (C=O) groups excluding carboxylic acids is 1. The van der Waals surface area contributed by atoms with Crippen molar-refractivity contribution < 1.29 is 9.18 Å². The number of thiophene rings is 1. The second kappa shape index (κ2) is 5.84. The van der Waals surface area contributed by atoms with Crippen LogP contribution < -0.4 is 5.32 Å². The van der Waals surface area contributed by atoms with Crippen LogP contribution >= 0.6 is 27.3 Å². The molecule has 0 aliphatic rings. The molecule has 19 heavy (non-hydrogen) atoms. The molecule has 2 nitrogen and oxygen atoms in total. The van der Waals surface area contributed by atoms with Crippen LogP contribution in [0.15, 0.2) is 34.8 Å². The summed E-state index contributed by atoms with van der Waals surface area (Å²) in [6.45, 7) is 3.90. The highest BCUT2D eigenvalue weighted by molar-refractivity contribution is 9.10.